The van der Waals surface area contributed by atoms with E-state index in [0.717, 1.165) is 22.9 Å². The van der Waals surface area contributed by atoms with Crippen LogP contribution in [0.3, 0.4) is 0 Å². The number of thioether (sulfide) groups is 1. The number of carbonyl (C=O) groups excluding carboxylic acids is 2. The number of halogens is 2. The van der Waals surface area contributed by atoms with E-state index in [0.29, 0.717) is 42.9 Å². The molecule has 1 aliphatic heterocycles. The van der Waals surface area contributed by atoms with Crippen molar-refractivity contribution in [3.8, 4) is 5.75 Å². The molecule has 1 saturated heterocycles. The van der Waals surface area contributed by atoms with Gasteiger partial charge in [0.15, 0.2) is 11.8 Å². The Kier molecular flexibility index (Phi) is 9.43. The zero-order valence-electron chi connectivity index (χ0n) is 22.3. The number of nitrogens with one attached hydrogen (secondary N) is 1. The molecule has 11 heteroatoms. The molecule has 2 amide bonds. The van der Waals surface area contributed by atoms with Crippen LogP contribution >= 0.6 is 35.0 Å². The second-order valence-corrected chi connectivity index (χ2v) is 11.0. The molecule has 1 fully saturated rings. The molecule has 2 heterocycles. The predicted molar refractivity (Wildman–Crippen MR) is 168 cm³/mol. The topological polar surface area (TPSA) is 96.5 Å². The Bertz CT molecular complexity index is 1670. The number of carbonyl (C=O) groups is 2. The Hall–Kier alpha value is -4.31. The highest BCUT2D eigenvalue weighted by atomic mass is 35.5. The van der Waals surface area contributed by atoms with Gasteiger partial charge in [0.25, 0.3) is 11.8 Å². The lowest BCUT2D eigenvalue weighted by Gasteiger charge is -2.13. The van der Waals surface area contributed by atoms with E-state index in [2.05, 4.69) is 15.5 Å². The third-order valence-corrected chi connectivity index (χ3v) is 7.44. The van der Waals surface area contributed by atoms with Crippen LogP contribution in [-0.4, -0.2) is 34.7 Å². The fraction of sp³-hybridized carbons (Fsp3) is 0.0968. The van der Waals surface area contributed by atoms with E-state index in [1.807, 2.05) is 43.3 Å². The van der Waals surface area contributed by atoms with Gasteiger partial charge < -0.3 is 14.5 Å². The second-order valence-electron chi connectivity index (χ2n) is 9.15. The summed E-state index contributed by atoms with van der Waals surface area (Å²) in [6.07, 6.45) is 4.78. The van der Waals surface area contributed by atoms with E-state index in [1.54, 1.807) is 61.0 Å². The number of hydrogen-bond donors (Lipinski definition) is 1. The molecule has 1 aromatic heterocycles. The number of aryl methyl sites for hydroxylation is 1. The zero-order chi connectivity index (χ0) is 29.5. The van der Waals surface area contributed by atoms with Gasteiger partial charge in [-0.25, -0.2) is 0 Å². The third-order valence-electron chi connectivity index (χ3n) is 5.95. The van der Waals surface area contributed by atoms with Crippen molar-refractivity contribution in [1.29, 1.82) is 0 Å². The first-order valence-electron chi connectivity index (χ1n) is 12.7. The molecule has 0 saturated carbocycles. The van der Waals surface area contributed by atoms with E-state index in [9.17, 15) is 9.59 Å². The molecule has 3 aromatic carbocycles. The minimum Gasteiger partial charge on any atom is -0.483 e. The van der Waals surface area contributed by atoms with Crippen LogP contribution in [0.15, 0.2) is 105 Å². The fourth-order valence-electron chi connectivity index (χ4n) is 3.86. The first-order chi connectivity index (χ1) is 20.3. The van der Waals surface area contributed by atoms with Crippen molar-refractivity contribution in [2.75, 3.05) is 11.9 Å². The quantitative estimate of drug-likeness (QED) is 0.120. The van der Waals surface area contributed by atoms with Gasteiger partial charge in [-0.2, -0.15) is 5.10 Å². The summed E-state index contributed by atoms with van der Waals surface area (Å²) in [5, 5.41) is 12.7. The Balaban J connectivity index is 1.36. The maximum absolute atomic E-state index is 13.5. The SMILES string of the molecule is Cc1ccc(NC(=O)COc2ccc(Cl)cc2/C=C2\S/C(=N\N=C\c3ccc(Cl)cc3)N(Cc3ccco3)C2=O)cc1. The normalized spacial score (nSPS) is 15.2. The number of benzene rings is 3. The summed E-state index contributed by atoms with van der Waals surface area (Å²) < 4.78 is 11.3. The van der Waals surface area contributed by atoms with Gasteiger partial charge in [0.2, 0.25) is 0 Å². The van der Waals surface area contributed by atoms with Gasteiger partial charge in [0.1, 0.15) is 11.5 Å². The maximum atomic E-state index is 13.5. The van der Waals surface area contributed by atoms with E-state index >= 15 is 0 Å². The summed E-state index contributed by atoms with van der Waals surface area (Å²) >= 11 is 13.4. The molecule has 0 radical (unpaired) electrons. The predicted octanol–water partition coefficient (Wildman–Crippen LogP) is 7.42. The monoisotopic (exact) mass is 618 g/mol. The summed E-state index contributed by atoms with van der Waals surface area (Å²) in [5.74, 6) is 0.366. The van der Waals surface area contributed by atoms with E-state index in [4.69, 9.17) is 32.4 Å². The van der Waals surface area contributed by atoms with Gasteiger partial charge in [0, 0.05) is 21.3 Å². The Labute approximate surface area is 256 Å². The van der Waals surface area contributed by atoms with Crippen LogP contribution in [0.2, 0.25) is 10.0 Å². The molecule has 0 atom stereocenters. The number of rotatable bonds is 9. The van der Waals surface area contributed by atoms with Crippen LogP contribution in [-0.2, 0) is 16.1 Å². The molecule has 0 aliphatic carbocycles. The Morgan fingerprint density at radius 1 is 1.05 bits per heavy atom. The van der Waals surface area contributed by atoms with Crippen LogP contribution in [0, 0.1) is 6.92 Å². The molecular formula is C31H24Cl2N4O4S. The molecule has 5 rings (SSSR count). The number of furan rings is 1. The highest BCUT2D eigenvalue weighted by Gasteiger charge is 2.34. The highest BCUT2D eigenvalue weighted by Crippen LogP contribution is 2.36. The maximum Gasteiger partial charge on any atom is 0.267 e. The number of anilines is 1. The molecule has 4 aromatic rings. The average molecular weight is 620 g/mol. The zero-order valence-corrected chi connectivity index (χ0v) is 24.6. The third kappa shape index (κ3) is 7.70. The first kappa shape index (κ1) is 29.2. The van der Waals surface area contributed by atoms with Crippen LogP contribution < -0.4 is 10.1 Å². The number of hydrogen-bond acceptors (Lipinski definition) is 7. The van der Waals surface area contributed by atoms with Gasteiger partial charge in [-0.05, 0) is 84.9 Å². The van der Waals surface area contributed by atoms with E-state index in [-0.39, 0.29) is 25.0 Å². The summed E-state index contributed by atoms with van der Waals surface area (Å²) in [6.45, 7) is 1.91. The highest BCUT2D eigenvalue weighted by molar-refractivity contribution is 8.18. The molecule has 0 spiro atoms. The van der Waals surface area contributed by atoms with Gasteiger partial charge in [-0.1, -0.05) is 53.0 Å². The lowest BCUT2D eigenvalue weighted by molar-refractivity contribution is -0.122. The van der Waals surface area contributed by atoms with Gasteiger partial charge >= 0.3 is 0 Å². The molecule has 212 valence electrons. The number of nitrogens with zero attached hydrogens (tertiary/aromatic N) is 3. The van der Waals surface area contributed by atoms with E-state index < -0.39 is 0 Å². The number of amides is 2. The Morgan fingerprint density at radius 2 is 1.81 bits per heavy atom. The molecule has 0 bridgehead atoms. The molecule has 1 N–H and O–H groups in total. The second kappa shape index (κ2) is 13.6. The van der Waals surface area contributed by atoms with Gasteiger partial charge in [-0.3, -0.25) is 14.5 Å². The van der Waals surface area contributed by atoms with Gasteiger partial charge in [0.05, 0.1) is 23.9 Å². The van der Waals surface area contributed by atoms with Crippen molar-refractivity contribution in [3.63, 3.8) is 0 Å². The molecule has 0 unspecified atom stereocenters. The molecule has 1 aliphatic rings. The first-order valence-corrected chi connectivity index (χ1v) is 14.3. The van der Waals surface area contributed by atoms with Crippen molar-refractivity contribution in [2.24, 2.45) is 10.2 Å². The van der Waals surface area contributed by atoms with E-state index in [1.165, 1.54) is 4.90 Å². The summed E-state index contributed by atoms with van der Waals surface area (Å²) in [5.41, 5.74) is 3.10. The van der Waals surface area contributed by atoms with Crippen LogP contribution in [0.4, 0.5) is 5.69 Å². The molecule has 42 heavy (non-hydrogen) atoms. The van der Waals surface area contributed by atoms with Crippen LogP contribution in [0.25, 0.3) is 6.08 Å². The minimum atomic E-state index is -0.323. The summed E-state index contributed by atoms with van der Waals surface area (Å²) in [4.78, 5) is 27.9. The van der Waals surface area contributed by atoms with Crippen molar-refractivity contribution >= 4 is 69.9 Å². The molecular weight excluding hydrogens is 595 g/mol. The lowest BCUT2D eigenvalue weighted by atomic mass is 10.2. The fourth-order valence-corrected chi connectivity index (χ4v) is 5.09. The van der Waals surface area contributed by atoms with Crippen LogP contribution in [0.1, 0.15) is 22.5 Å². The van der Waals surface area contributed by atoms with Crippen molar-refractivity contribution < 1.29 is 18.7 Å². The van der Waals surface area contributed by atoms with Gasteiger partial charge in [-0.15, -0.1) is 5.10 Å². The van der Waals surface area contributed by atoms with Crippen molar-refractivity contribution in [2.45, 2.75) is 13.5 Å². The standard InChI is InChI=1S/C31H24Cl2N4O4S/c1-20-4-11-25(12-5-20)35-29(38)19-41-27-13-10-24(33)15-22(27)16-28-30(39)37(18-26-3-2-14-40-26)31(42-28)36-34-17-21-6-8-23(32)9-7-21/h2-17H,18-19H2,1H3,(H,35,38)/b28-16-,34-17+,36-31-. The average Bonchev–Trinajstić information content (AvgIpc) is 3.59. The number of amidine groups is 1. The lowest BCUT2D eigenvalue weighted by Crippen LogP contribution is -2.28. The molecule has 8 nitrogen and oxygen atoms in total. The van der Waals surface area contributed by atoms with Crippen molar-refractivity contribution in [3.05, 3.63) is 123 Å². The largest absolute Gasteiger partial charge is 0.483 e. The minimum absolute atomic E-state index is 0.170. The summed E-state index contributed by atoms with van der Waals surface area (Å²) in [6, 6.07) is 23.1. The van der Waals surface area contributed by atoms with Crippen molar-refractivity contribution in [1.82, 2.24) is 4.90 Å². The van der Waals surface area contributed by atoms with Crippen LogP contribution in [0.5, 0.6) is 5.75 Å². The summed E-state index contributed by atoms with van der Waals surface area (Å²) in [7, 11) is 0. The smallest absolute Gasteiger partial charge is 0.267 e. The Morgan fingerprint density at radius 3 is 2.55 bits per heavy atom. The number of ether oxygens (including phenoxy) is 1.